The summed E-state index contributed by atoms with van der Waals surface area (Å²) in [5.74, 6) is 0. The Balaban J connectivity index is 2.08. The van der Waals surface area contributed by atoms with Crippen LogP contribution < -0.4 is 0 Å². The van der Waals surface area contributed by atoms with E-state index in [0.29, 0.717) is 6.04 Å². The third-order valence-electron chi connectivity index (χ3n) is 4.14. The fourth-order valence-corrected chi connectivity index (χ4v) is 2.78. The maximum absolute atomic E-state index is 10.6. The molecule has 106 valence electrons. The molecule has 0 radical (unpaired) electrons. The highest BCUT2D eigenvalue weighted by atomic mass is 16.5. The van der Waals surface area contributed by atoms with E-state index in [2.05, 4.69) is 37.8 Å². The maximum Gasteiger partial charge on any atom is 0.0942 e. The number of ether oxygens (including phenoxy) is 1. The number of rotatable bonds is 4. The van der Waals surface area contributed by atoms with Crippen molar-refractivity contribution < 1.29 is 9.84 Å². The predicted octanol–water partition coefficient (Wildman–Crippen LogP) is 2.53. The van der Waals surface area contributed by atoms with Crippen molar-refractivity contribution in [3.05, 3.63) is 35.4 Å². The van der Waals surface area contributed by atoms with Gasteiger partial charge in [-0.1, -0.05) is 36.8 Å². The Bertz CT molecular complexity index is 390. The molecule has 3 nitrogen and oxygen atoms in total. The SMILES string of the molecule is CCC1COCCN1C(C)C(O)c1ccc(C)cc1. The monoisotopic (exact) mass is 263 g/mol. The highest BCUT2D eigenvalue weighted by Gasteiger charge is 2.30. The highest BCUT2D eigenvalue weighted by Crippen LogP contribution is 2.25. The van der Waals surface area contributed by atoms with E-state index < -0.39 is 6.10 Å². The number of aryl methyl sites for hydroxylation is 1. The molecule has 19 heavy (non-hydrogen) atoms. The quantitative estimate of drug-likeness (QED) is 0.906. The van der Waals surface area contributed by atoms with Crippen molar-refractivity contribution in [1.29, 1.82) is 0 Å². The molecule has 0 saturated carbocycles. The first kappa shape index (κ1) is 14.5. The van der Waals surface area contributed by atoms with Crippen LogP contribution in [0.3, 0.4) is 0 Å². The molecule has 2 rings (SSSR count). The third-order valence-corrected chi connectivity index (χ3v) is 4.14. The van der Waals surface area contributed by atoms with Gasteiger partial charge in [-0.15, -0.1) is 0 Å². The fourth-order valence-electron chi connectivity index (χ4n) is 2.78. The second kappa shape index (κ2) is 6.51. The van der Waals surface area contributed by atoms with Crippen molar-refractivity contribution in [3.8, 4) is 0 Å². The van der Waals surface area contributed by atoms with Crippen LogP contribution in [0.4, 0.5) is 0 Å². The number of nitrogens with zero attached hydrogens (tertiary/aromatic N) is 1. The molecule has 1 aliphatic rings. The minimum absolute atomic E-state index is 0.122. The summed E-state index contributed by atoms with van der Waals surface area (Å²) >= 11 is 0. The van der Waals surface area contributed by atoms with Crippen LogP contribution in [0.25, 0.3) is 0 Å². The summed E-state index contributed by atoms with van der Waals surface area (Å²) in [7, 11) is 0. The second-order valence-electron chi connectivity index (χ2n) is 5.47. The lowest BCUT2D eigenvalue weighted by atomic mass is 9.99. The molecule has 1 heterocycles. The predicted molar refractivity (Wildman–Crippen MR) is 77.2 cm³/mol. The molecule has 1 saturated heterocycles. The Kier molecular flexibility index (Phi) is 4.97. The first-order valence-corrected chi connectivity index (χ1v) is 7.21. The van der Waals surface area contributed by atoms with Crippen molar-refractivity contribution in [3.63, 3.8) is 0 Å². The Labute approximate surface area is 116 Å². The van der Waals surface area contributed by atoms with Crippen LogP contribution in [0.1, 0.15) is 37.5 Å². The topological polar surface area (TPSA) is 32.7 Å². The van der Waals surface area contributed by atoms with Gasteiger partial charge < -0.3 is 9.84 Å². The van der Waals surface area contributed by atoms with Crippen LogP contribution >= 0.6 is 0 Å². The van der Waals surface area contributed by atoms with E-state index in [1.54, 1.807) is 0 Å². The van der Waals surface area contributed by atoms with Gasteiger partial charge in [-0.2, -0.15) is 0 Å². The van der Waals surface area contributed by atoms with Gasteiger partial charge in [0.15, 0.2) is 0 Å². The fraction of sp³-hybridized carbons (Fsp3) is 0.625. The second-order valence-corrected chi connectivity index (χ2v) is 5.47. The van der Waals surface area contributed by atoms with E-state index in [1.165, 1.54) is 5.56 Å². The van der Waals surface area contributed by atoms with E-state index >= 15 is 0 Å². The molecule has 1 fully saturated rings. The maximum atomic E-state index is 10.6. The van der Waals surface area contributed by atoms with Crippen LogP contribution in [0.5, 0.6) is 0 Å². The van der Waals surface area contributed by atoms with Crippen LogP contribution in [0, 0.1) is 6.92 Å². The summed E-state index contributed by atoms with van der Waals surface area (Å²) in [5.41, 5.74) is 2.22. The molecular formula is C16H25NO2. The van der Waals surface area contributed by atoms with Crippen molar-refractivity contribution in [2.45, 2.75) is 45.4 Å². The molecule has 0 bridgehead atoms. The van der Waals surface area contributed by atoms with Gasteiger partial charge in [0.1, 0.15) is 0 Å². The average molecular weight is 263 g/mol. The van der Waals surface area contributed by atoms with E-state index in [4.69, 9.17) is 4.74 Å². The summed E-state index contributed by atoms with van der Waals surface area (Å²) in [6.45, 7) is 8.80. The molecule has 1 N–H and O–H groups in total. The molecule has 1 aliphatic heterocycles. The molecule has 3 heteroatoms. The zero-order chi connectivity index (χ0) is 13.8. The first-order chi connectivity index (χ1) is 9.13. The van der Waals surface area contributed by atoms with E-state index in [9.17, 15) is 5.11 Å². The van der Waals surface area contributed by atoms with Gasteiger partial charge in [-0.3, -0.25) is 4.90 Å². The van der Waals surface area contributed by atoms with Gasteiger partial charge in [0.25, 0.3) is 0 Å². The third kappa shape index (κ3) is 3.35. The van der Waals surface area contributed by atoms with Gasteiger partial charge in [0.2, 0.25) is 0 Å². The number of hydrogen-bond acceptors (Lipinski definition) is 3. The summed E-state index contributed by atoms with van der Waals surface area (Å²) in [5, 5.41) is 10.6. The van der Waals surface area contributed by atoms with Crippen molar-refractivity contribution in [2.75, 3.05) is 19.8 Å². The Morgan fingerprint density at radius 3 is 2.68 bits per heavy atom. The number of hydrogen-bond donors (Lipinski definition) is 1. The van der Waals surface area contributed by atoms with Crippen LogP contribution in [-0.2, 0) is 4.74 Å². The van der Waals surface area contributed by atoms with Gasteiger partial charge in [-0.25, -0.2) is 0 Å². The Morgan fingerprint density at radius 2 is 2.05 bits per heavy atom. The van der Waals surface area contributed by atoms with Crippen LogP contribution in [0.2, 0.25) is 0 Å². The van der Waals surface area contributed by atoms with Crippen LogP contribution in [-0.4, -0.2) is 41.8 Å². The molecule has 0 spiro atoms. The molecule has 1 aromatic carbocycles. The number of aliphatic hydroxyl groups is 1. The summed E-state index contributed by atoms with van der Waals surface area (Å²) < 4.78 is 5.53. The molecular weight excluding hydrogens is 238 g/mol. The van der Waals surface area contributed by atoms with Crippen molar-refractivity contribution in [1.82, 2.24) is 4.90 Å². The summed E-state index contributed by atoms with van der Waals surface area (Å²) in [6.07, 6.45) is 0.623. The normalized spacial score (nSPS) is 24.1. The average Bonchev–Trinajstić information content (AvgIpc) is 2.46. The zero-order valence-electron chi connectivity index (χ0n) is 12.2. The van der Waals surface area contributed by atoms with Crippen molar-refractivity contribution >= 4 is 0 Å². The molecule has 3 atom stereocenters. The molecule has 0 aliphatic carbocycles. The highest BCUT2D eigenvalue weighted by molar-refractivity contribution is 5.24. The van der Waals surface area contributed by atoms with Gasteiger partial charge in [-0.05, 0) is 25.8 Å². The van der Waals surface area contributed by atoms with E-state index in [0.717, 1.165) is 31.7 Å². The van der Waals surface area contributed by atoms with Gasteiger partial charge >= 0.3 is 0 Å². The van der Waals surface area contributed by atoms with E-state index in [-0.39, 0.29) is 6.04 Å². The van der Waals surface area contributed by atoms with E-state index in [1.807, 2.05) is 12.1 Å². The Hall–Kier alpha value is -0.900. The lowest BCUT2D eigenvalue weighted by molar-refractivity contribution is -0.0557. The van der Waals surface area contributed by atoms with Crippen molar-refractivity contribution in [2.24, 2.45) is 0 Å². The smallest absolute Gasteiger partial charge is 0.0942 e. The summed E-state index contributed by atoms with van der Waals surface area (Å²) in [4.78, 5) is 2.38. The minimum Gasteiger partial charge on any atom is -0.387 e. The van der Waals surface area contributed by atoms with Gasteiger partial charge in [0, 0.05) is 18.6 Å². The number of morpholine rings is 1. The lowest BCUT2D eigenvalue weighted by Gasteiger charge is -2.41. The zero-order valence-corrected chi connectivity index (χ0v) is 12.2. The molecule has 3 unspecified atom stereocenters. The van der Waals surface area contributed by atoms with Crippen LogP contribution in [0.15, 0.2) is 24.3 Å². The van der Waals surface area contributed by atoms with Gasteiger partial charge in [0.05, 0.1) is 19.3 Å². The first-order valence-electron chi connectivity index (χ1n) is 7.21. The molecule has 0 amide bonds. The lowest BCUT2D eigenvalue weighted by Crippen LogP contribution is -2.51. The summed E-state index contributed by atoms with van der Waals surface area (Å²) in [6, 6.07) is 8.71. The number of benzene rings is 1. The number of aliphatic hydroxyl groups excluding tert-OH is 1. The molecule has 0 aromatic heterocycles. The largest absolute Gasteiger partial charge is 0.387 e. The minimum atomic E-state index is -0.437. The standard InChI is InChI=1S/C16H25NO2/c1-4-15-11-19-10-9-17(15)13(3)16(18)14-7-5-12(2)6-8-14/h5-8,13,15-16,18H,4,9-11H2,1-3H3. The molecule has 1 aromatic rings. The Morgan fingerprint density at radius 1 is 1.37 bits per heavy atom.